The van der Waals surface area contributed by atoms with Gasteiger partial charge in [0.1, 0.15) is 12.4 Å². The third-order valence-corrected chi connectivity index (χ3v) is 4.71. The highest BCUT2D eigenvalue weighted by Crippen LogP contribution is 2.33. The lowest BCUT2D eigenvalue weighted by Crippen LogP contribution is -2.40. The fourth-order valence-electron chi connectivity index (χ4n) is 3.28. The number of hydrogen-bond donors (Lipinski definition) is 1. The first-order valence-electron chi connectivity index (χ1n) is 8.93. The Morgan fingerprint density at radius 3 is 2.34 bits per heavy atom. The van der Waals surface area contributed by atoms with Crippen molar-refractivity contribution >= 4 is 29.3 Å². The normalized spacial score (nSPS) is 17.2. The van der Waals surface area contributed by atoms with Crippen LogP contribution in [-0.2, 0) is 28.5 Å². The minimum atomic E-state index is -1.18. The number of rotatable bonds is 5. The molecule has 1 saturated heterocycles. The molecule has 29 heavy (non-hydrogen) atoms. The molecule has 10 heteroatoms. The summed E-state index contributed by atoms with van der Waals surface area (Å²) in [5.74, 6) is -2.72. The number of methoxy groups -OCH3 is 2. The maximum atomic E-state index is 12.5. The molecule has 10 nitrogen and oxygen atoms in total. The number of morpholine rings is 1. The summed E-state index contributed by atoms with van der Waals surface area (Å²) in [4.78, 5) is 39.9. The number of aromatic carboxylic acids is 1. The van der Waals surface area contributed by atoms with Gasteiger partial charge < -0.3 is 33.9 Å². The second-order valence-corrected chi connectivity index (χ2v) is 6.32. The molecule has 156 valence electrons. The molecule has 1 aromatic carbocycles. The van der Waals surface area contributed by atoms with E-state index in [0.29, 0.717) is 26.3 Å². The van der Waals surface area contributed by atoms with E-state index in [-0.39, 0.29) is 35.9 Å². The lowest BCUT2D eigenvalue weighted by Gasteiger charge is -2.34. The van der Waals surface area contributed by atoms with Crippen molar-refractivity contribution in [1.82, 2.24) is 0 Å². The summed E-state index contributed by atoms with van der Waals surface area (Å²) < 4.78 is 20.4. The Morgan fingerprint density at radius 2 is 1.72 bits per heavy atom. The van der Waals surface area contributed by atoms with E-state index in [2.05, 4.69) is 0 Å². The average molecular weight is 406 g/mol. The predicted octanol–water partition coefficient (Wildman–Crippen LogP) is 0.616. The van der Waals surface area contributed by atoms with Crippen LogP contribution in [-0.4, -0.2) is 76.9 Å². The highest BCUT2D eigenvalue weighted by Gasteiger charge is 2.34. The van der Waals surface area contributed by atoms with Gasteiger partial charge in [0.15, 0.2) is 0 Å². The van der Waals surface area contributed by atoms with Crippen molar-refractivity contribution in [1.29, 1.82) is 0 Å². The van der Waals surface area contributed by atoms with Crippen molar-refractivity contribution in [2.75, 3.05) is 63.7 Å². The summed E-state index contributed by atoms with van der Waals surface area (Å²) in [5.41, 5.74) is 0.787. The average Bonchev–Trinajstić information content (AvgIpc) is 2.77. The minimum Gasteiger partial charge on any atom is -0.478 e. The second kappa shape index (κ2) is 8.93. The lowest BCUT2D eigenvalue weighted by molar-refractivity contribution is -0.140. The highest BCUT2D eigenvalue weighted by molar-refractivity contribution is 6.05. The van der Waals surface area contributed by atoms with E-state index in [9.17, 15) is 19.5 Å². The summed E-state index contributed by atoms with van der Waals surface area (Å²) in [7, 11) is 2.37. The molecule has 0 amide bonds. The summed E-state index contributed by atoms with van der Waals surface area (Å²) >= 11 is 0. The summed E-state index contributed by atoms with van der Waals surface area (Å²) in [6.45, 7) is 2.13. The zero-order valence-corrected chi connectivity index (χ0v) is 16.2. The first-order valence-corrected chi connectivity index (χ1v) is 8.93. The third-order valence-electron chi connectivity index (χ3n) is 4.71. The van der Waals surface area contributed by atoms with Crippen LogP contribution in [0.2, 0.25) is 0 Å². The van der Waals surface area contributed by atoms with Gasteiger partial charge in [-0.3, -0.25) is 0 Å². The molecule has 0 aromatic heterocycles. The number of anilines is 2. The second-order valence-electron chi connectivity index (χ2n) is 6.32. The fraction of sp³-hybridized carbons (Fsp3) is 0.421. The fourth-order valence-corrected chi connectivity index (χ4v) is 3.28. The van der Waals surface area contributed by atoms with E-state index in [1.807, 2.05) is 4.90 Å². The molecule has 0 bridgehead atoms. The lowest BCUT2D eigenvalue weighted by atomic mass is 10.1. The number of carbonyl (C=O) groups is 3. The van der Waals surface area contributed by atoms with Gasteiger partial charge in [-0.15, -0.1) is 0 Å². The molecule has 0 saturated carbocycles. The number of carbonyl (C=O) groups excluding carboxylic acids is 2. The van der Waals surface area contributed by atoms with Gasteiger partial charge in [0, 0.05) is 18.8 Å². The van der Waals surface area contributed by atoms with Crippen molar-refractivity contribution < 1.29 is 38.4 Å². The molecule has 3 rings (SSSR count). The van der Waals surface area contributed by atoms with Crippen molar-refractivity contribution in [3.8, 4) is 0 Å². The van der Waals surface area contributed by atoms with Crippen LogP contribution in [0.4, 0.5) is 11.4 Å². The standard InChI is InChI=1S/C19H22N2O8/c1-26-18(24)14-10-29-11-21(16(14)19(25)27-2)15-9-12(3-4-13(15)17(22)23)20-5-7-28-8-6-20/h3-4,9H,5-8,10-11H2,1-2H3,(H,22,23). The van der Waals surface area contributed by atoms with Gasteiger partial charge in [-0.2, -0.15) is 0 Å². The number of hydrogen-bond acceptors (Lipinski definition) is 9. The van der Waals surface area contributed by atoms with E-state index in [4.69, 9.17) is 18.9 Å². The molecule has 2 aliphatic rings. The highest BCUT2D eigenvalue weighted by atomic mass is 16.5. The Morgan fingerprint density at radius 1 is 1.03 bits per heavy atom. The maximum Gasteiger partial charge on any atom is 0.355 e. The molecule has 0 spiro atoms. The Kier molecular flexibility index (Phi) is 6.35. The quantitative estimate of drug-likeness (QED) is 0.698. The van der Waals surface area contributed by atoms with Gasteiger partial charge in [0.25, 0.3) is 0 Å². The number of carboxylic acid groups (broad SMARTS) is 1. The van der Waals surface area contributed by atoms with Gasteiger partial charge in [-0.1, -0.05) is 0 Å². The van der Waals surface area contributed by atoms with Gasteiger partial charge >= 0.3 is 17.9 Å². The van der Waals surface area contributed by atoms with Crippen LogP contribution >= 0.6 is 0 Å². The molecule has 0 radical (unpaired) electrons. The number of ether oxygens (including phenoxy) is 4. The van der Waals surface area contributed by atoms with Crippen LogP contribution in [0.5, 0.6) is 0 Å². The van der Waals surface area contributed by atoms with Gasteiger partial charge in [0.2, 0.25) is 0 Å². The predicted molar refractivity (Wildman–Crippen MR) is 101 cm³/mol. The zero-order valence-electron chi connectivity index (χ0n) is 16.2. The smallest absolute Gasteiger partial charge is 0.355 e. The van der Waals surface area contributed by atoms with Crippen LogP contribution in [0.15, 0.2) is 29.5 Å². The van der Waals surface area contributed by atoms with Gasteiger partial charge in [-0.05, 0) is 18.2 Å². The minimum absolute atomic E-state index is 0.0429. The van der Waals surface area contributed by atoms with Crippen LogP contribution in [0.1, 0.15) is 10.4 Å². The van der Waals surface area contributed by atoms with E-state index in [1.165, 1.54) is 25.2 Å². The Bertz CT molecular complexity index is 845. The molecule has 2 heterocycles. The monoisotopic (exact) mass is 406 g/mol. The van der Waals surface area contributed by atoms with Crippen LogP contribution < -0.4 is 9.80 Å². The third kappa shape index (κ3) is 4.17. The summed E-state index contributed by atoms with van der Waals surface area (Å²) in [6, 6.07) is 4.82. The molecule has 1 fully saturated rings. The molecule has 0 aliphatic carbocycles. The molecule has 0 atom stereocenters. The van der Waals surface area contributed by atoms with Crippen molar-refractivity contribution in [2.45, 2.75) is 0 Å². The number of carboxylic acids is 1. The number of benzene rings is 1. The van der Waals surface area contributed by atoms with Gasteiger partial charge in [0.05, 0.1) is 50.9 Å². The molecular formula is C19H22N2O8. The zero-order chi connectivity index (χ0) is 21.0. The van der Waals surface area contributed by atoms with Crippen molar-refractivity contribution in [3.63, 3.8) is 0 Å². The van der Waals surface area contributed by atoms with Crippen LogP contribution in [0.3, 0.4) is 0 Å². The van der Waals surface area contributed by atoms with E-state index in [1.54, 1.807) is 12.1 Å². The van der Waals surface area contributed by atoms with Crippen LogP contribution in [0.25, 0.3) is 0 Å². The molecule has 2 aliphatic heterocycles. The summed E-state index contributed by atoms with van der Waals surface area (Å²) in [5, 5.41) is 9.68. The largest absolute Gasteiger partial charge is 0.478 e. The van der Waals surface area contributed by atoms with Crippen molar-refractivity contribution in [2.24, 2.45) is 0 Å². The molecule has 1 N–H and O–H groups in total. The van der Waals surface area contributed by atoms with Gasteiger partial charge in [-0.25, -0.2) is 14.4 Å². The maximum absolute atomic E-state index is 12.5. The SMILES string of the molecule is COC(=O)C1=C(C(=O)OC)N(c2cc(N3CCOCC3)ccc2C(=O)O)COC1. The topological polar surface area (TPSA) is 115 Å². The van der Waals surface area contributed by atoms with Crippen molar-refractivity contribution in [3.05, 3.63) is 35.0 Å². The number of nitrogens with zero attached hydrogens (tertiary/aromatic N) is 2. The van der Waals surface area contributed by atoms with E-state index in [0.717, 1.165) is 5.69 Å². The Labute approximate surface area is 167 Å². The Hall–Kier alpha value is -3.11. The van der Waals surface area contributed by atoms with E-state index >= 15 is 0 Å². The first kappa shape index (κ1) is 20.6. The summed E-state index contributed by atoms with van der Waals surface area (Å²) in [6.07, 6.45) is 0. The van der Waals surface area contributed by atoms with Crippen LogP contribution in [0, 0.1) is 0 Å². The molecule has 1 aromatic rings. The Balaban J connectivity index is 2.13. The molecular weight excluding hydrogens is 384 g/mol. The number of esters is 2. The first-order chi connectivity index (χ1) is 14.0. The van der Waals surface area contributed by atoms with E-state index < -0.39 is 17.9 Å². The molecule has 0 unspecified atom stereocenters.